The molecule has 1 saturated heterocycles. The van der Waals surface area contributed by atoms with Crippen molar-refractivity contribution in [1.29, 1.82) is 0 Å². The zero-order chi connectivity index (χ0) is 9.97. The lowest BCUT2D eigenvalue weighted by Crippen LogP contribution is -2.18. The van der Waals surface area contributed by atoms with Gasteiger partial charge in [0.05, 0.1) is 0 Å². The Morgan fingerprint density at radius 2 is 1.57 bits per heavy atom. The summed E-state index contributed by atoms with van der Waals surface area (Å²) in [4.78, 5) is 2.22. The zero-order valence-corrected chi connectivity index (χ0v) is 7.97. The van der Waals surface area contributed by atoms with Gasteiger partial charge in [0, 0.05) is 12.6 Å². The van der Waals surface area contributed by atoms with E-state index in [-0.39, 0.29) is 0 Å². The van der Waals surface area contributed by atoms with Gasteiger partial charge in [-0.25, -0.2) is 8.78 Å². The molecule has 1 aromatic carbocycles. The Kier molecular flexibility index (Phi) is 2.77. The van der Waals surface area contributed by atoms with Gasteiger partial charge < -0.3 is 0 Å². The molecule has 0 atom stereocenters. The van der Waals surface area contributed by atoms with E-state index in [1.165, 1.54) is 25.0 Å². The van der Waals surface area contributed by atoms with Crippen LogP contribution >= 0.6 is 0 Å². The van der Waals surface area contributed by atoms with Crippen molar-refractivity contribution in [3.05, 3.63) is 35.4 Å². The first-order chi connectivity index (χ1) is 6.74. The van der Waals surface area contributed by atoms with E-state index in [1.807, 2.05) is 0 Å². The summed E-state index contributed by atoms with van der Waals surface area (Å²) in [6.45, 7) is 2.74. The van der Waals surface area contributed by atoms with Crippen molar-refractivity contribution in [3.8, 4) is 0 Å². The second-order valence-corrected chi connectivity index (χ2v) is 3.76. The van der Waals surface area contributed by atoms with Crippen LogP contribution in [0.25, 0.3) is 0 Å². The summed E-state index contributed by atoms with van der Waals surface area (Å²) in [6.07, 6.45) is 2.38. The van der Waals surface area contributed by atoms with Gasteiger partial charge in [-0.1, -0.05) is 0 Å². The maximum Gasteiger partial charge on any atom is 0.126 e. The van der Waals surface area contributed by atoms with Crippen LogP contribution in [-0.2, 0) is 6.54 Å². The molecule has 1 aliphatic rings. The van der Waals surface area contributed by atoms with Crippen LogP contribution in [0.5, 0.6) is 0 Å². The lowest BCUT2D eigenvalue weighted by atomic mass is 10.2. The van der Waals surface area contributed by atoms with Gasteiger partial charge in [0.2, 0.25) is 0 Å². The molecule has 1 aliphatic heterocycles. The highest BCUT2D eigenvalue weighted by molar-refractivity contribution is 5.17. The number of halogens is 2. The van der Waals surface area contributed by atoms with Crippen molar-refractivity contribution in [2.45, 2.75) is 19.4 Å². The zero-order valence-electron chi connectivity index (χ0n) is 7.97. The molecule has 2 rings (SSSR count). The first-order valence-electron chi connectivity index (χ1n) is 4.91. The predicted octanol–water partition coefficient (Wildman–Crippen LogP) is 2.56. The van der Waals surface area contributed by atoms with E-state index in [0.717, 1.165) is 24.7 Å². The fourth-order valence-electron chi connectivity index (χ4n) is 1.90. The summed E-state index contributed by atoms with van der Waals surface area (Å²) in [5.41, 5.74) is 0.726. The van der Waals surface area contributed by atoms with E-state index in [2.05, 4.69) is 4.90 Å². The van der Waals surface area contributed by atoms with Gasteiger partial charge in [0.15, 0.2) is 0 Å². The van der Waals surface area contributed by atoms with Crippen molar-refractivity contribution < 1.29 is 8.78 Å². The molecule has 0 saturated carbocycles. The molecule has 1 aromatic rings. The number of benzene rings is 1. The topological polar surface area (TPSA) is 3.24 Å². The molecule has 0 bridgehead atoms. The first-order valence-corrected chi connectivity index (χ1v) is 4.91. The fraction of sp³-hybridized carbons (Fsp3) is 0.455. The maximum absolute atomic E-state index is 12.8. The minimum Gasteiger partial charge on any atom is -0.299 e. The van der Waals surface area contributed by atoms with Crippen LogP contribution < -0.4 is 0 Å². The van der Waals surface area contributed by atoms with Crippen LogP contribution in [0.15, 0.2) is 18.2 Å². The third-order valence-corrected chi connectivity index (χ3v) is 2.53. The van der Waals surface area contributed by atoms with E-state index in [9.17, 15) is 8.78 Å². The summed E-state index contributed by atoms with van der Waals surface area (Å²) in [5, 5.41) is 0. The van der Waals surface area contributed by atoms with E-state index in [0.29, 0.717) is 6.54 Å². The second-order valence-electron chi connectivity index (χ2n) is 3.76. The minimum absolute atomic E-state index is 0.487. The molecule has 14 heavy (non-hydrogen) atoms. The van der Waals surface area contributed by atoms with Crippen molar-refractivity contribution in [3.63, 3.8) is 0 Å². The number of hydrogen-bond acceptors (Lipinski definition) is 1. The highest BCUT2D eigenvalue weighted by Crippen LogP contribution is 2.14. The number of rotatable bonds is 2. The molecule has 0 N–H and O–H groups in total. The Labute approximate surface area is 82.3 Å². The van der Waals surface area contributed by atoms with Gasteiger partial charge in [-0.05, 0) is 43.6 Å². The van der Waals surface area contributed by atoms with Crippen LogP contribution in [0.4, 0.5) is 8.78 Å². The summed E-state index contributed by atoms with van der Waals surface area (Å²) in [6, 6.07) is 3.72. The van der Waals surface area contributed by atoms with Gasteiger partial charge in [0.1, 0.15) is 11.6 Å². The van der Waals surface area contributed by atoms with E-state index >= 15 is 0 Å². The summed E-state index contributed by atoms with van der Waals surface area (Å²) < 4.78 is 25.7. The molecule has 0 spiro atoms. The van der Waals surface area contributed by atoms with Crippen molar-refractivity contribution in [1.82, 2.24) is 4.90 Å². The molecule has 1 nitrogen and oxygen atoms in total. The monoisotopic (exact) mass is 197 g/mol. The van der Waals surface area contributed by atoms with Crippen LogP contribution in [0, 0.1) is 11.6 Å². The van der Waals surface area contributed by atoms with Crippen LogP contribution in [-0.4, -0.2) is 18.0 Å². The fourth-order valence-corrected chi connectivity index (χ4v) is 1.90. The Balaban J connectivity index is 2.07. The maximum atomic E-state index is 12.8. The smallest absolute Gasteiger partial charge is 0.126 e. The summed E-state index contributed by atoms with van der Waals surface area (Å²) in [5.74, 6) is -0.974. The Morgan fingerprint density at radius 1 is 1.00 bits per heavy atom. The Bertz CT molecular complexity index is 299. The first kappa shape index (κ1) is 9.59. The van der Waals surface area contributed by atoms with Crippen LogP contribution in [0.1, 0.15) is 18.4 Å². The second kappa shape index (κ2) is 4.05. The van der Waals surface area contributed by atoms with Crippen molar-refractivity contribution >= 4 is 0 Å². The molecule has 1 fully saturated rings. The molecule has 76 valence electrons. The van der Waals surface area contributed by atoms with Crippen LogP contribution in [0.3, 0.4) is 0 Å². The van der Waals surface area contributed by atoms with E-state index < -0.39 is 11.6 Å². The number of hydrogen-bond donors (Lipinski definition) is 0. The number of likely N-dealkylation sites (tertiary alicyclic amines) is 1. The minimum atomic E-state index is -0.487. The highest BCUT2D eigenvalue weighted by Gasteiger charge is 2.12. The quantitative estimate of drug-likeness (QED) is 0.704. The average Bonchev–Trinajstić information content (AvgIpc) is 2.54. The molecule has 0 aliphatic carbocycles. The standard InChI is InChI=1S/C11H13F2N/c12-10-5-9(6-11(13)7-10)8-14-3-1-2-4-14/h5-7H,1-4,8H2. The largest absolute Gasteiger partial charge is 0.299 e. The molecule has 1 heterocycles. The third-order valence-electron chi connectivity index (χ3n) is 2.53. The van der Waals surface area contributed by atoms with Gasteiger partial charge in [0.25, 0.3) is 0 Å². The molecule has 0 radical (unpaired) electrons. The van der Waals surface area contributed by atoms with Gasteiger partial charge in [-0.3, -0.25) is 4.90 Å². The summed E-state index contributed by atoms with van der Waals surface area (Å²) >= 11 is 0. The van der Waals surface area contributed by atoms with Gasteiger partial charge >= 0.3 is 0 Å². The van der Waals surface area contributed by atoms with Crippen LogP contribution in [0.2, 0.25) is 0 Å². The van der Waals surface area contributed by atoms with Crippen molar-refractivity contribution in [2.75, 3.05) is 13.1 Å². The summed E-state index contributed by atoms with van der Waals surface area (Å²) in [7, 11) is 0. The van der Waals surface area contributed by atoms with E-state index in [1.54, 1.807) is 0 Å². The molecule has 0 amide bonds. The van der Waals surface area contributed by atoms with Gasteiger partial charge in [-0.15, -0.1) is 0 Å². The Morgan fingerprint density at radius 3 is 2.14 bits per heavy atom. The normalized spacial score (nSPS) is 17.6. The highest BCUT2D eigenvalue weighted by atomic mass is 19.1. The van der Waals surface area contributed by atoms with E-state index in [4.69, 9.17) is 0 Å². The SMILES string of the molecule is Fc1cc(F)cc(CN2CCCC2)c1. The molecule has 0 aromatic heterocycles. The molecular formula is C11H13F2N. The third kappa shape index (κ3) is 2.29. The van der Waals surface area contributed by atoms with Crippen molar-refractivity contribution in [2.24, 2.45) is 0 Å². The predicted molar refractivity (Wildman–Crippen MR) is 50.9 cm³/mol. The lowest BCUT2D eigenvalue weighted by molar-refractivity contribution is 0.330. The molecule has 3 heteroatoms. The molecular weight excluding hydrogens is 184 g/mol. The van der Waals surface area contributed by atoms with Gasteiger partial charge in [-0.2, -0.15) is 0 Å². The molecule has 0 unspecified atom stereocenters. The average molecular weight is 197 g/mol. The Hall–Kier alpha value is -0.960. The number of nitrogens with zero attached hydrogens (tertiary/aromatic N) is 1. The lowest BCUT2D eigenvalue weighted by Gasteiger charge is -2.14.